The summed E-state index contributed by atoms with van der Waals surface area (Å²) < 4.78 is 1.88. The van der Waals surface area contributed by atoms with Crippen molar-refractivity contribution in [3.05, 3.63) is 84.0 Å². The van der Waals surface area contributed by atoms with E-state index in [0.717, 1.165) is 0 Å². The van der Waals surface area contributed by atoms with Crippen LogP contribution in [0, 0.1) is 0 Å². The number of anilines is 1. The first kappa shape index (κ1) is 18.9. The van der Waals surface area contributed by atoms with Gasteiger partial charge in [-0.1, -0.05) is 6.08 Å². The summed E-state index contributed by atoms with van der Waals surface area (Å²) in [5.74, 6) is -0.460. The number of rotatable bonds is 6. The van der Waals surface area contributed by atoms with Crippen LogP contribution in [-0.2, 0) is 7.05 Å². The van der Waals surface area contributed by atoms with Crippen molar-refractivity contribution in [2.75, 3.05) is 12.4 Å². The number of benzene rings is 1. The van der Waals surface area contributed by atoms with Crippen LogP contribution in [0.2, 0.25) is 0 Å². The highest BCUT2D eigenvalue weighted by Gasteiger charge is 2.10. The second kappa shape index (κ2) is 9.17. The zero-order valence-electron chi connectivity index (χ0n) is 15.1. The Labute approximate surface area is 153 Å². The maximum absolute atomic E-state index is 12.3. The Balaban J connectivity index is 2.02. The molecule has 6 heteroatoms. The molecule has 3 N–H and O–H groups in total. The molecule has 0 aliphatic heterocycles. The second-order valence-corrected chi connectivity index (χ2v) is 5.60. The minimum absolute atomic E-state index is 0.225. The van der Waals surface area contributed by atoms with Crippen LogP contribution < -0.4 is 20.5 Å². The molecule has 1 heterocycles. The van der Waals surface area contributed by atoms with Gasteiger partial charge < -0.3 is 16.0 Å². The van der Waals surface area contributed by atoms with Crippen LogP contribution in [0.1, 0.15) is 27.6 Å². The number of carbonyl (C=O) groups excluding carboxylic acids is 2. The topological polar surface area (TPSA) is 74.1 Å². The van der Waals surface area contributed by atoms with Gasteiger partial charge in [-0.05, 0) is 43.5 Å². The van der Waals surface area contributed by atoms with E-state index in [-0.39, 0.29) is 11.8 Å². The zero-order chi connectivity index (χ0) is 18.9. The smallest absolute Gasteiger partial charge is 0.255 e. The summed E-state index contributed by atoms with van der Waals surface area (Å²) in [6, 6.07) is 10.2. The first-order valence-corrected chi connectivity index (χ1v) is 8.21. The van der Waals surface area contributed by atoms with Gasteiger partial charge in [0.15, 0.2) is 12.4 Å². The molecule has 0 aliphatic rings. The molecule has 0 atom stereocenters. The number of hydrogen-bond donors (Lipinski definition) is 3. The van der Waals surface area contributed by atoms with Gasteiger partial charge in [0.25, 0.3) is 11.8 Å². The fraction of sp³-hybridized carbons (Fsp3) is 0.150. The number of allylic oxidation sites excluding steroid dienone is 2. The van der Waals surface area contributed by atoms with Crippen LogP contribution in [0.3, 0.4) is 0 Å². The maximum Gasteiger partial charge on any atom is 0.255 e. The molecule has 26 heavy (non-hydrogen) atoms. The lowest BCUT2D eigenvalue weighted by atomic mass is 10.1. The van der Waals surface area contributed by atoms with Gasteiger partial charge in [-0.3, -0.25) is 9.59 Å². The third-order valence-electron chi connectivity index (χ3n) is 3.64. The molecular weight excluding hydrogens is 328 g/mol. The molecule has 0 saturated carbocycles. The van der Waals surface area contributed by atoms with Gasteiger partial charge in [-0.2, -0.15) is 0 Å². The predicted molar refractivity (Wildman–Crippen MR) is 101 cm³/mol. The van der Waals surface area contributed by atoms with E-state index in [1.165, 1.54) is 0 Å². The van der Waals surface area contributed by atoms with Crippen LogP contribution in [-0.4, -0.2) is 18.9 Å². The van der Waals surface area contributed by atoms with E-state index in [9.17, 15) is 9.59 Å². The first-order valence-electron chi connectivity index (χ1n) is 8.21. The molecule has 2 amide bonds. The normalized spacial score (nSPS) is 11.3. The monoisotopic (exact) mass is 351 g/mol. The maximum atomic E-state index is 12.3. The number of hydrogen-bond acceptors (Lipinski definition) is 3. The van der Waals surface area contributed by atoms with E-state index in [2.05, 4.69) is 16.0 Å². The summed E-state index contributed by atoms with van der Waals surface area (Å²) in [6.45, 7) is 1.84. The van der Waals surface area contributed by atoms with E-state index in [4.69, 9.17) is 0 Å². The molecule has 0 radical (unpaired) electrons. The van der Waals surface area contributed by atoms with Gasteiger partial charge in [0.1, 0.15) is 7.05 Å². The zero-order valence-corrected chi connectivity index (χ0v) is 15.1. The van der Waals surface area contributed by atoms with Gasteiger partial charge in [-0.25, -0.2) is 4.57 Å². The minimum atomic E-state index is -0.235. The molecule has 0 aliphatic carbocycles. The highest BCUT2D eigenvalue weighted by atomic mass is 16.2. The van der Waals surface area contributed by atoms with E-state index in [1.54, 1.807) is 49.7 Å². The van der Waals surface area contributed by atoms with Gasteiger partial charge in [0.05, 0.1) is 5.69 Å². The molecule has 1 aromatic carbocycles. The lowest BCUT2D eigenvalue weighted by molar-refractivity contribution is -0.671. The van der Waals surface area contributed by atoms with Crippen LogP contribution in [0.4, 0.5) is 5.69 Å². The van der Waals surface area contributed by atoms with E-state index < -0.39 is 0 Å². The molecule has 0 saturated heterocycles. The predicted octanol–water partition coefficient (Wildman–Crippen LogP) is 2.13. The molecule has 1 aromatic heterocycles. The van der Waals surface area contributed by atoms with Crippen molar-refractivity contribution in [3.8, 4) is 0 Å². The van der Waals surface area contributed by atoms with Crippen molar-refractivity contribution in [1.29, 1.82) is 0 Å². The van der Waals surface area contributed by atoms with Crippen molar-refractivity contribution in [2.24, 2.45) is 7.05 Å². The number of nitrogens with one attached hydrogen (secondary N) is 3. The van der Waals surface area contributed by atoms with Crippen LogP contribution in [0.15, 0.2) is 72.8 Å². The van der Waals surface area contributed by atoms with Gasteiger partial charge in [0, 0.05) is 36.0 Å². The van der Waals surface area contributed by atoms with Crippen LogP contribution in [0.25, 0.3) is 0 Å². The lowest BCUT2D eigenvalue weighted by Crippen LogP contribution is -2.26. The Hall–Kier alpha value is -3.41. The largest absolute Gasteiger partial charge is 0.394 e. The number of aromatic nitrogens is 1. The highest BCUT2D eigenvalue weighted by molar-refractivity contribution is 6.05. The molecule has 0 unspecified atom stereocenters. The number of aryl methyl sites for hydroxylation is 1. The van der Waals surface area contributed by atoms with E-state index in [1.807, 2.05) is 43.1 Å². The van der Waals surface area contributed by atoms with E-state index >= 15 is 0 Å². The van der Waals surface area contributed by atoms with Gasteiger partial charge in [0.2, 0.25) is 0 Å². The Bertz CT molecular complexity index is 822. The highest BCUT2D eigenvalue weighted by Crippen LogP contribution is 2.09. The van der Waals surface area contributed by atoms with E-state index in [0.29, 0.717) is 22.5 Å². The SMILES string of the molecule is C/C=C(\C=C/NC)NC(=O)c1ccc(C(=O)Nc2cc[n+](C)cc2)cc1. The molecule has 0 spiro atoms. The molecule has 0 fully saturated rings. The molecule has 134 valence electrons. The summed E-state index contributed by atoms with van der Waals surface area (Å²) in [5, 5.41) is 8.49. The summed E-state index contributed by atoms with van der Waals surface area (Å²) in [7, 11) is 3.69. The van der Waals surface area contributed by atoms with Crippen molar-refractivity contribution in [3.63, 3.8) is 0 Å². The lowest BCUT2D eigenvalue weighted by Gasteiger charge is -2.07. The Morgan fingerprint density at radius 1 is 0.962 bits per heavy atom. The molecule has 2 rings (SSSR count). The average Bonchev–Trinajstić information content (AvgIpc) is 2.66. The summed E-state index contributed by atoms with van der Waals surface area (Å²) in [4.78, 5) is 24.6. The summed E-state index contributed by atoms with van der Waals surface area (Å²) in [6.07, 6.45) is 8.99. The van der Waals surface area contributed by atoms with Crippen LogP contribution >= 0.6 is 0 Å². The number of carbonyl (C=O) groups is 2. The second-order valence-electron chi connectivity index (χ2n) is 5.60. The number of nitrogens with zero attached hydrogens (tertiary/aromatic N) is 1. The number of pyridine rings is 1. The quantitative estimate of drug-likeness (QED) is 0.551. The van der Waals surface area contributed by atoms with Gasteiger partial charge >= 0.3 is 0 Å². The Morgan fingerprint density at radius 3 is 2.08 bits per heavy atom. The van der Waals surface area contributed by atoms with Gasteiger partial charge in [-0.15, -0.1) is 0 Å². The average molecular weight is 351 g/mol. The standard InChI is InChI=1S/C20H22N4O2/c1-4-17(9-12-21-2)22-19(25)15-5-7-16(8-6-15)20(26)23-18-10-13-24(3)14-11-18/h4-14,21H,1-3H3,(H,22,25)/p+1/b12-9-,17-4+. The fourth-order valence-electron chi connectivity index (χ4n) is 2.15. The molecule has 6 nitrogen and oxygen atoms in total. The fourth-order valence-corrected chi connectivity index (χ4v) is 2.15. The van der Waals surface area contributed by atoms with Crippen LogP contribution in [0.5, 0.6) is 0 Å². The third-order valence-corrected chi connectivity index (χ3v) is 3.64. The first-order chi connectivity index (χ1) is 12.5. The Kier molecular flexibility index (Phi) is 6.68. The molecule has 0 bridgehead atoms. The third kappa shape index (κ3) is 5.31. The summed E-state index contributed by atoms with van der Waals surface area (Å²) >= 11 is 0. The van der Waals surface area contributed by atoms with Crippen molar-refractivity contribution >= 4 is 17.5 Å². The number of amides is 2. The van der Waals surface area contributed by atoms with Crippen molar-refractivity contribution in [2.45, 2.75) is 6.92 Å². The van der Waals surface area contributed by atoms with Crippen molar-refractivity contribution < 1.29 is 14.2 Å². The molecule has 2 aromatic rings. The van der Waals surface area contributed by atoms with Crippen molar-refractivity contribution in [1.82, 2.24) is 10.6 Å². The summed E-state index contributed by atoms with van der Waals surface area (Å²) in [5.41, 5.74) is 2.36. The Morgan fingerprint density at radius 2 is 1.54 bits per heavy atom. The minimum Gasteiger partial charge on any atom is -0.394 e. The molecular formula is C20H23N4O2+.